The number of carbonyl (C=O) groups excluding carboxylic acids is 1. The maximum absolute atomic E-state index is 15.1. The first-order valence-corrected chi connectivity index (χ1v) is 12.4. The van der Waals surface area contributed by atoms with Gasteiger partial charge in [0.1, 0.15) is 11.6 Å². The molecule has 0 spiro atoms. The Morgan fingerprint density at radius 1 is 1.28 bits per heavy atom. The Morgan fingerprint density at radius 2 is 2.08 bits per heavy atom. The quantitative estimate of drug-likeness (QED) is 0.519. The van der Waals surface area contributed by atoms with Gasteiger partial charge in [-0.3, -0.25) is 9.79 Å². The smallest absolute Gasteiger partial charge is 0.273 e. The number of nitrogens with two attached hydrogens (primary N) is 1. The predicted octanol–water partition coefficient (Wildman–Crippen LogP) is 3.41. The molecule has 12 heteroatoms. The topological polar surface area (TPSA) is 115 Å². The van der Waals surface area contributed by atoms with Crippen molar-refractivity contribution in [3.63, 3.8) is 0 Å². The van der Waals surface area contributed by atoms with E-state index in [9.17, 15) is 9.18 Å². The Kier molecular flexibility index (Phi) is 6.52. The van der Waals surface area contributed by atoms with Crippen LogP contribution in [0.2, 0.25) is 5.15 Å². The number of fused-ring (bicyclic) bond motifs is 2. The van der Waals surface area contributed by atoms with E-state index in [1.54, 1.807) is 6.20 Å². The second-order valence-electron chi connectivity index (χ2n) is 8.52. The standard InChI is InChI=1S/C24H21ClF2N6O2S/c1-35-22-16-8-24(17-3-2-14(26)7-18(17)27)13(11-36-23(28)33-24)6-15(16)12(10-32-22)9-31-21(34)19-20(25)30-5-4-29-19/h2-5,7,10,13H,6,8-9,11H2,1H3,(H2,28,33)(H,31,34)/t13-,24-/m0/s1. The van der Waals surface area contributed by atoms with Crippen molar-refractivity contribution in [2.24, 2.45) is 16.6 Å². The highest BCUT2D eigenvalue weighted by Gasteiger charge is 2.49. The fourth-order valence-electron chi connectivity index (χ4n) is 4.90. The number of amidine groups is 1. The van der Waals surface area contributed by atoms with E-state index in [0.717, 1.165) is 22.8 Å². The van der Waals surface area contributed by atoms with Crippen LogP contribution < -0.4 is 15.8 Å². The van der Waals surface area contributed by atoms with E-state index in [1.165, 1.54) is 43.4 Å². The van der Waals surface area contributed by atoms with Crippen LogP contribution >= 0.6 is 23.4 Å². The summed E-state index contributed by atoms with van der Waals surface area (Å²) >= 11 is 7.40. The lowest BCUT2D eigenvalue weighted by Crippen LogP contribution is -2.47. The van der Waals surface area contributed by atoms with Gasteiger partial charge in [-0.2, -0.15) is 0 Å². The highest BCUT2D eigenvalue weighted by Crippen LogP contribution is 2.50. The Morgan fingerprint density at radius 3 is 2.83 bits per heavy atom. The largest absolute Gasteiger partial charge is 0.481 e. The molecule has 0 radical (unpaired) electrons. The van der Waals surface area contributed by atoms with Crippen molar-refractivity contribution in [3.05, 3.63) is 81.5 Å². The molecule has 1 amide bonds. The molecule has 8 nitrogen and oxygen atoms in total. The summed E-state index contributed by atoms with van der Waals surface area (Å²) < 4.78 is 34.4. The minimum absolute atomic E-state index is 0.00525. The van der Waals surface area contributed by atoms with Crippen LogP contribution in [0.4, 0.5) is 8.78 Å². The molecular weight excluding hydrogens is 510 g/mol. The number of nitrogens with zero attached hydrogens (tertiary/aromatic N) is 4. The molecule has 186 valence electrons. The first-order chi connectivity index (χ1) is 17.3. The summed E-state index contributed by atoms with van der Waals surface area (Å²) in [6, 6.07) is 3.53. The van der Waals surface area contributed by atoms with Gasteiger partial charge in [0, 0.05) is 60.4 Å². The lowest BCUT2D eigenvalue weighted by Gasteiger charge is -2.45. The van der Waals surface area contributed by atoms with E-state index in [-0.39, 0.29) is 35.3 Å². The number of hydrogen-bond donors (Lipinski definition) is 2. The molecule has 36 heavy (non-hydrogen) atoms. The van der Waals surface area contributed by atoms with Crippen LogP contribution in [0.25, 0.3) is 0 Å². The van der Waals surface area contributed by atoms with Crippen LogP contribution in [-0.4, -0.2) is 38.9 Å². The summed E-state index contributed by atoms with van der Waals surface area (Å²) in [5, 5.41) is 3.17. The second-order valence-corrected chi connectivity index (χ2v) is 9.91. The lowest BCUT2D eigenvalue weighted by atomic mass is 9.67. The molecule has 1 aliphatic carbocycles. The molecule has 3 N–H and O–H groups in total. The molecule has 0 saturated carbocycles. The Labute approximate surface area is 214 Å². The van der Waals surface area contributed by atoms with Crippen LogP contribution in [-0.2, 0) is 24.9 Å². The van der Waals surface area contributed by atoms with Crippen molar-refractivity contribution in [1.29, 1.82) is 0 Å². The number of pyridine rings is 1. The van der Waals surface area contributed by atoms with Crippen molar-refractivity contribution >= 4 is 34.4 Å². The van der Waals surface area contributed by atoms with E-state index in [0.29, 0.717) is 23.2 Å². The molecule has 2 aromatic heterocycles. The zero-order chi connectivity index (χ0) is 25.4. The third-order valence-corrected chi connectivity index (χ3v) is 7.79. The number of halogens is 3. The highest BCUT2D eigenvalue weighted by molar-refractivity contribution is 8.13. The summed E-state index contributed by atoms with van der Waals surface area (Å²) in [4.78, 5) is 29.7. The number of rotatable bonds is 5. The minimum Gasteiger partial charge on any atom is -0.481 e. The summed E-state index contributed by atoms with van der Waals surface area (Å²) in [7, 11) is 1.51. The average Bonchev–Trinajstić information content (AvgIpc) is 2.86. The summed E-state index contributed by atoms with van der Waals surface area (Å²) in [5.41, 5.74) is 7.83. The summed E-state index contributed by atoms with van der Waals surface area (Å²) in [6.07, 6.45) is 5.20. The summed E-state index contributed by atoms with van der Waals surface area (Å²) in [5.74, 6) is -0.979. The number of nitrogens with one attached hydrogen (secondary N) is 1. The Balaban J connectivity index is 1.54. The van der Waals surface area contributed by atoms with Gasteiger partial charge in [0.15, 0.2) is 16.0 Å². The number of thioether (sulfide) groups is 1. The first kappa shape index (κ1) is 24.4. The van der Waals surface area contributed by atoms with Crippen molar-refractivity contribution in [3.8, 4) is 5.88 Å². The van der Waals surface area contributed by atoms with Crippen LogP contribution in [0.3, 0.4) is 0 Å². The molecule has 1 aromatic carbocycles. The van der Waals surface area contributed by atoms with Crippen molar-refractivity contribution < 1.29 is 18.3 Å². The monoisotopic (exact) mass is 530 g/mol. The lowest BCUT2D eigenvalue weighted by molar-refractivity contribution is 0.0945. The highest BCUT2D eigenvalue weighted by atomic mass is 35.5. The molecule has 3 aromatic rings. The second kappa shape index (κ2) is 9.62. The fraction of sp³-hybridized carbons (Fsp3) is 0.292. The maximum Gasteiger partial charge on any atom is 0.273 e. The van der Waals surface area contributed by atoms with E-state index < -0.39 is 23.1 Å². The Hall–Kier alpha value is -3.31. The fourth-order valence-corrected chi connectivity index (χ4v) is 6.08. The van der Waals surface area contributed by atoms with E-state index in [1.807, 2.05) is 0 Å². The molecule has 1 aliphatic heterocycles. The predicted molar refractivity (Wildman–Crippen MR) is 132 cm³/mol. The van der Waals surface area contributed by atoms with Crippen molar-refractivity contribution in [2.45, 2.75) is 24.9 Å². The normalized spacial score (nSPS) is 20.7. The molecule has 5 rings (SSSR count). The van der Waals surface area contributed by atoms with Crippen LogP contribution in [0, 0.1) is 17.6 Å². The number of benzene rings is 1. The molecule has 0 bridgehead atoms. The van der Waals surface area contributed by atoms with E-state index in [2.05, 4.69) is 20.3 Å². The van der Waals surface area contributed by atoms with Crippen LogP contribution in [0.15, 0.2) is 41.8 Å². The van der Waals surface area contributed by atoms with Crippen molar-refractivity contribution in [2.75, 3.05) is 12.9 Å². The third-order valence-electron chi connectivity index (χ3n) is 6.56. The molecule has 0 fully saturated rings. The third kappa shape index (κ3) is 4.26. The van der Waals surface area contributed by atoms with Gasteiger partial charge >= 0.3 is 0 Å². The number of amides is 1. The first-order valence-electron chi connectivity index (χ1n) is 11.0. The average molecular weight is 531 g/mol. The van der Waals surface area contributed by atoms with Crippen molar-refractivity contribution in [1.82, 2.24) is 20.3 Å². The molecule has 0 unspecified atom stereocenters. The van der Waals surface area contributed by atoms with Crippen LogP contribution in [0.5, 0.6) is 5.88 Å². The molecular formula is C24H21ClF2N6O2S. The van der Waals surface area contributed by atoms with Gasteiger partial charge in [-0.15, -0.1) is 0 Å². The van der Waals surface area contributed by atoms with Gasteiger partial charge in [-0.1, -0.05) is 29.4 Å². The molecule has 0 saturated heterocycles. The molecule has 2 atom stereocenters. The van der Waals surface area contributed by atoms with Gasteiger partial charge in [0.2, 0.25) is 5.88 Å². The van der Waals surface area contributed by atoms with Crippen LogP contribution in [0.1, 0.15) is 32.7 Å². The van der Waals surface area contributed by atoms with Gasteiger partial charge in [0.25, 0.3) is 5.91 Å². The zero-order valence-electron chi connectivity index (χ0n) is 19.1. The van der Waals surface area contributed by atoms with E-state index in [4.69, 9.17) is 27.1 Å². The SMILES string of the molecule is COc1ncc(CNC(=O)c2nccnc2Cl)c2c1C[C@]1(c3ccc(F)cc3F)N=C(N)SC[C@@H]1C2. The number of aliphatic imine (C=N–C) groups is 1. The number of carbonyl (C=O) groups is 1. The number of aromatic nitrogens is 3. The summed E-state index contributed by atoms with van der Waals surface area (Å²) in [6.45, 7) is 0.161. The molecule has 2 aliphatic rings. The number of methoxy groups -OCH3 is 1. The number of ether oxygens (including phenoxy) is 1. The Bertz CT molecular complexity index is 1390. The zero-order valence-corrected chi connectivity index (χ0v) is 20.7. The van der Waals surface area contributed by atoms with Gasteiger partial charge in [-0.25, -0.2) is 23.7 Å². The number of hydrogen-bond acceptors (Lipinski definition) is 8. The van der Waals surface area contributed by atoms with Gasteiger partial charge in [0.05, 0.1) is 12.6 Å². The van der Waals surface area contributed by atoms with E-state index >= 15 is 4.39 Å². The maximum atomic E-state index is 15.1. The van der Waals surface area contributed by atoms with Gasteiger partial charge < -0.3 is 15.8 Å². The minimum atomic E-state index is -1.04. The van der Waals surface area contributed by atoms with Gasteiger partial charge in [-0.05, 0) is 23.6 Å². The molecule has 3 heterocycles.